The molecule has 0 aliphatic heterocycles. The molecule has 1 atom stereocenters. The summed E-state index contributed by atoms with van der Waals surface area (Å²) in [5.74, 6) is 0.465. The van der Waals surface area contributed by atoms with Crippen LogP contribution in [0.1, 0.15) is 33.6 Å². The van der Waals surface area contributed by atoms with Crippen LogP contribution < -0.4 is 0 Å². The Kier molecular flexibility index (Phi) is 2.85. The summed E-state index contributed by atoms with van der Waals surface area (Å²) < 4.78 is 0. The lowest BCUT2D eigenvalue weighted by atomic mass is 9.95. The second kappa shape index (κ2) is 3.70. The summed E-state index contributed by atoms with van der Waals surface area (Å²) in [6, 6.07) is 0. The van der Waals surface area contributed by atoms with Crippen LogP contribution in [-0.4, -0.2) is 5.71 Å². The molecule has 0 saturated heterocycles. The van der Waals surface area contributed by atoms with E-state index in [1.807, 2.05) is 6.92 Å². The third-order valence-electron chi connectivity index (χ3n) is 2.45. The fourth-order valence-corrected chi connectivity index (χ4v) is 1.71. The quantitative estimate of drug-likeness (QED) is 0.617. The van der Waals surface area contributed by atoms with Crippen LogP contribution in [0, 0.1) is 11.3 Å². The molecule has 0 amide bonds. The van der Waals surface area contributed by atoms with Gasteiger partial charge in [0.05, 0.1) is 0 Å². The molecule has 12 heavy (non-hydrogen) atoms. The Morgan fingerprint density at radius 1 is 1.50 bits per heavy atom. The van der Waals surface area contributed by atoms with E-state index in [1.165, 1.54) is 11.1 Å². The monoisotopic (exact) mass is 163 g/mol. The van der Waals surface area contributed by atoms with Gasteiger partial charge in [-0.15, -0.1) is 0 Å². The van der Waals surface area contributed by atoms with E-state index in [-0.39, 0.29) is 0 Å². The van der Waals surface area contributed by atoms with E-state index < -0.39 is 0 Å². The predicted octanol–water partition coefficient (Wildman–Crippen LogP) is 3.33. The molecule has 0 bridgehead atoms. The van der Waals surface area contributed by atoms with Crippen LogP contribution in [0.4, 0.5) is 0 Å². The van der Waals surface area contributed by atoms with Crippen LogP contribution >= 0.6 is 0 Å². The first-order valence-corrected chi connectivity index (χ1v) is 4.69. The summed E-state index contributed by atoms with van der Waals surface area (Å²) >= 11 is 0. The maximum absolute atomic E-state index is 7.80. The molecule has 66 valence electrons. The highest BCUT2D eigenvalue weighted by molar-refractivity contribution is 6.00. The Morgan fingerprint density at radius 3 is 2.67 bits per heavy atom. The van der Waals surface area contributed by atoms with Gasteiger partial charge in [-0.2, -0.15) is 0 Å². The van der Waals surface area contributed by atoms with Crippen LogP contribution in [0.15, 0.2) is 23.3 Å². The molecule has 0 spiro atoms. The van der Waals surface area contributed by atoms with Crippen LogP contribution in [0.25, 0.3) is 0 Å². The minimum atomic E-state index is 0.465. The molecule has 0 aromatic carbocycles. The van der Waals surface area contributed by atoms with Gasteiger partial charge >= 0.3 is 0 Å². The van der Waals surface area contributed by atoms with Crippen molar-refractivity contribution in [3.63, 3.8) is 0 Å². The van der Waals surface area contributed by atoms with Gasteiger partial charge in [-0.05, 0) is 24.0 Å². The Balaban J connectivity index is 2.92. The van der Waals surface area contributed by atoms with Gasteiger partial charge in [-0.1, -0.05) is 32.9 Å². The van der Waals surface area contributed by atoms with Crippen molar-refractivity contribution in [1.82, 2.24) is 0 Å². The lowest BCUT2D eigenvalue weighted by molar-refractivity contribution is 0.901. The summed E-state index contributed by atoms with van der Waals surface area (Å²) in [5, 5.41) is 7.80. The highest BCUT2D eigenvalue weighted by atomic mass is 14.4. The Hall–Kier alpha value is -0.850. The van der Waals surface area contributed by atoms with E-state index >= 15 is 0 Å². The third kappa shape index (κ3) is 1.50. The molecule has 0 saturated carbocycles. The van der Waals surface area contributed by atoms with Gasteiger partial charge < -0.3 is 5.41 Å². The smallest absolute Gasteiger partial charge is 0.0351 e. The van der Waals surface area contributed by atoms with Crippen LogP contribution in [0.2, 0.25) is 0 Å². The SMILES string of the molecule is CCC(=N)C1=C(CC)C=CC1C. The molecule has 0 radical (unpaired) electrons. The molecule has 1 unspecified atom stereocenters. The lowest BCUT2D eigenvalue weighted by Crippen LogP contribution is -2.06. The topological polar surface area (TPSA) is 23.9 Å². The summed E-state index contributed by atoms with van der Waals surface area (Å²) in [7, 11) is 0. The van der Waals surface area contributed by atoms with Gasteiger partial charge in [0.15, 0.2) is 0 Å². The zero-order valence-electron chi connectivity index (χ0n) is 8.15. The van der Waals surface area contributed by atoms with Gasteiger partial charge in [0.1, 0.15) is 0 Å². The standard InChI is InChI=1S/C11H17N/c1-4-9-7-6-8(3)11(9)10(12)5-2/h6-8,12H,4-5H2,1-3H3. The Labute approximate surface area is 74.7 Å². The number of nitrogens with one attached hydrogen (secondary N) is 1. The second-order valence-corrected chi connectivity index (χ2v) is 3.27. The minimum absolute atomic E-state index is 0.465. The van der Waals surface area contributed by atoms with Crippen molar-refractivity contribution < 1.29 is 0 Å². The van der Waals surface area contributed by atoms with E-state index in [2.05, 4.69) is 26.0 Å². The highest BCUT2D eigenvalue weighted by Gasteiger charge is 2.17. The van der Waals surface area contributed by atoms with E-state index in [0.29, 0.717) is 5.92 Å². The number of rotatable bonds is 3. The van der Waals surface area contributed by atoms with Gasteiger partial charge in [-0.25, -0.2) is 0 Å². The predicted molar refractivity (Wildman–Crippen MR) is 53.6 cm³/mol. The van der Waals surface area contributed by atoms with Crippen molar-refractivity contribution in [3.05, 3.63) is 23.3 Å². The van der Waals surface area contributed by atoms with Gasteiger partial charge in [-0.3, -0.25) is 0 Å². The molecular weight excluding hydrogens is 146 g/mol. The van der Waals surface area contributed by atoms with E-state index in [1.54, 1.807) is 0 Å². The van der Waals surface area contributed by atoms with Crippen LogP contribution in [-0.2, 0) is 0 Å². The number of hydrogen-bond donors (Lipinski definition) is 1. The summed E-state index contributed by atoms with van der Waals surface area (Å²) in [4.78, 5) is 0. The molecule has 1 heteroatoms. The zero-order valence-corrected chi connectivity index (χ0v) is 8.15. The van der Waals surface area contributed by atoms with Gasteiger partial charge in [0.2, 0.25) is 0 Å². The maximum atomic E-state index is 7.80. The molecule has 1 rings (SSSR count). The first kappa shape index (κ1) is 9.24. The lowest BCUT2D eigenvalue weighted by Gasteiger charge is -2.10. The fraction of sp³-hybridized carbons (Fsp3) is 0.545. The van der Waals surface area contributed by atoms with Gasteiger partial charge in [0, 0.05) is 11.6 Å². The van der Waals surface area contributed by atoms with Gasteiger partial charge in [0.25, 0.3) is 0 Å². The second-order valence-electron chi connectivity index (χ2n) is 3.27. The summed E-state index contributed by atoms with van der Waals surface area (Å²) in [5.41, 5.74) is 3.43. The molecule has 0 fully saturated rings. The molecule has 1 nitrogen and oxygen atoms in total. The van der Waals surface area contributed by atoms with Crippen molar-refractivity contribution >= 4 is 5.71 Å². The number of allylic oxidation sites excluding steroid dienone is 4. The fourth-order valence-electron chi connectivity index (χ4n) is 1.71. The summed E-state index contributed by atoms with van der Waals surface area (Å²) in [6.45, 7) is 6.37. The molecule has 0 aromatic heterocycles. The Morgan fingerprint density at radius 2 is 2.17 bits per heavy atom. The van der Waals surface area contributed by atoms with Crippen molar-refractivity contribution in [2.24, 2.45) is 5.92 Å². The molecular formula is C11H17N. The average molecular weight is 163 g/mol. The van der Waals surface area contributed by atoms with Crippen molar-refractivity contribution in [3.8, 4) is 0 Å². The zero-order chi connectivity index (χ0) is 9.14. The highest BCUT2D eigenvalue weighted by Crippen LogP contribution is 2.28. The number of hydrogen-bond acceptors (Lipinski definition) is 1. The first-order valence-electron chi connectivity index (χ1n) is 4.69. The average Bonchev–Trinajstić information content (AvgIpc) is 2.45. The van der Waals surface area contributed by atoms with Crippen LogP contribution in [0.5, 0.6) is 0 Å². The first-order chi connectivity index (χ1) is 5.70. The molecule has 1 aliphatic carbocycles. The molecule has 0 aromatic rings. The molecule has 1 aliphatic rings. The largest absolute Gasteiger partial charge is 0.305 e. The minimum Gasteiger partial charge on any atom is -0.305 e. The van der Waals surface area contributed by atoms with E-state index in [0.717, 1.165) is 18.6 Å². The summed E-state index contributed by atoms with van der Waals surface area (Å²) in [6.07, 6.45) is 6.27. The third-order valence-corrected chi connectivity index (χ3v) is 2.45. The molecule has 1 N–H and O–H groups in total. The van der Waals surface area contributed by atoms with Crippen molar-refractivity contribution in [1.29, 1.82) is 5.41 Å². The Bertz CT molecular complexity index is 246. The molecule has 0 heterocycles. The van der Waals surface area contributed by atoms with Crippen LogP contribution in [0.3, 0.4) is 0 Å². The normalized spacial score (nSPS) is 22.1. The maximum Gasteiger partial charge on any atom is 0.0351 e. The van der Waals surface area contributed by atoms with Crippen molar-refractivity contribution in [2.45, 2.75) is 33.6 Å². The van der Waals surface area contributed by atoms with E-state index in [9.17, 15) is 0 Å². The van der Waals surface area contributed by atoms with E-state index in [4.69, 9.17) is 5.41 Å². The van der Waals surface area contributed by atoms with Crippen molar-refractivity contribution in [2.75, 3.05) is 0 Å².